The Morgan fingerprint density at radius 3 is 2.92 bits per heavy atom. The fourth-order valence-corrected chi connectivity index (χ4v) is 1.25. The van der Waals surface area contributed by atoms with Crippen molar-refractivity contribution in [1.82, 2.24) is 9.78 Å². The van der Waals surface area contributed by atoms with Crippen LogP contribution in [-0.4, -0.2) is 21.2 Å². The largest absolute Gasteiger partial charge is 0.404 e. The lowest BCUT2D eigenvalue weighted by atomic mass is 10.3. The maximum atomic E-state index is 10.4. The van der Waals surface area contributed by atoms with E-state index in [1.54, 1.807) is 6.20 Å². The minimum absolute atomic E-state index is 0.0370. The number of nitrogens with two attached hydrogens (primary N) is 1. The first-order valence-electron chi connectivity index (χ1n) is 3.65. The molecule has 6 nitrogen and oxygen atoms in total. The second-order valence-electron chi connectivity index (χ2n) is 2.62. The Kier molecular flexibility index (Phi) is 2.99. The number of rotatable bonds is 3. The summed E-state index contributed by atoms with van der Waals surface area (Å²) < 4.78 is 1.85. The molecule has 0 aliphatic carbocycles. The van der Waals surface area contributed by atoms with Crippen LogP contribution in [0.4, 0.5) is 5.82 Å². The fraction of sp³-hybridized carbons (Fsp3) is 0.500. The second kappa shape index (κ2) is 3.84. The van der Waals surface area contributed by atoms with Gasteiger partial charge < -0.3 is 15.8 Å². The molecular weight excluding hydrogens is 240 g/mol. The van der Waals surface area contributed by atoms with Gasteiger partial charge in [0.15, 0.2) is 0 Å². The van der Waals surface area contributed by atoms with Crippen molar-refractivity contribution in [2.45, 2.75) is 13.0 Å². The first-order valence-corrected chi connectivity index (χ1v) is 4.44. The minimum atomic E-state index is -0.538. The van der Waals surface area contributed by atoms with Crippen molar-refractivity contribution in [2.24, 2.45) is 5.73 Å². The molecule has 2 N–H and O–H groups in total. The Morgan fingerprint density at radius 2 is 2.54 bits per heavy atom. The van der Waals surface area contributed by atoms with Gasteiger partial charge in [-0.1, -0.05) is 0 Å². The molecule has 0 aliphatic rings. The van der Waals surface area contributed by atoms with E-state index in [1.807, 2.05) is 6.92 Å². The maximum Gasteiger partial charge on any atom is 0.404 e. The summed E-state index contributed by atoms with van der Waals surface area (Å²) >= 11 is 3.05. The molecule has 1 heterocycles. The van der Waals surface area contributed by atoms with Gasteiger partial charge in [0.05, 0.1) is 17.3 Å². The molecule has 13 heavy (non-hydrogen) atoms. The molecule has 0 bridgehead atoms. The van der Waals surface area contributed by atoms with Crippen molar-refractivity contribution in [3.63, 3.8) is 0 Å². The lowest BCUT2D eigenvalue weighted by Gasteiger charge is -2.02. The van der Waals surface area contributed by atoms with E-state index in [0.29, 0.717) is 11.0 Å². The SMILES string of the molecule is CC(CN)n1cc(Br)c([N+](=O)[O-])n1. The Morgan fingerprint density at radius 1 is 1.92 bits per heavy atom. The van der Waals surface area contributed by atoms with E-state index in [0.717, 1.165) is 0 Å². The predicted octanol–water partition coefficient (Wildman–Crippen LogP) is 1.07. The lowest BCUT2D eigenvalue weighted by Crippen LogP contribution is -2.16. The lowest BCUT2D eigenvalue weighted by molar-refractivity contribution is -0.390. The van der Waals surface area contributed by atoms with Gasteiger partial charge in [0, 0.05) is 6.54 Å². The van der Waals surface area contributed by atoms with Gasteiger partial charge >= 0.3 is 5.82 Å². The summed E-state index contributed by atoms with van der Waals surface area (Å²) in [6.07, 6.45) is 1.55. The first kappa shape index (κ1) is 10.1. The van der Waals surface area contributed by atoms with Crippen molar-refractivity contribution in [3.05, 3.63) is 20.8 Å². The molecule has 1 unspecified atom stereocenters. The van der Waals surface area contributed by atoms with E-state index in [1.165, 1.54) is 4.68 Å². The summed E-state index contributed by atoms with van der Waals surface area (Å²) in [5.74, 6) is -0.180. The Balaban J connectivity index is 3.01. The maximum absolute atomic E-state index is 10.4. The molecule has 1 aromatic heterocycles. The second-order valence-corrected chi connectivity index (χ2v) is 3.48. The highest BCUT2D eigenvalue weighted by Crippen LogP contribution is 2.23. The van der Waals surface area contributed by atoms with Crippen LogP contribution in [0.3, 0.4) is 0 Å². The molecule has 0 saturated carbocycles. The van der Waals surface area contributed by atoms with Crippen LogP contribution in [0.5, 0.6) is 0 Å². The average Bonchev–Trinajstić information content (AvgIpc) is 2.46. The van der Waals surface area contributed by atoms with Gasteiger partial charge in [0.2, 0.25) is 0 Å². The third-order valence-electron chi connectivity index (χ3n) is 1.64. The fourth-order valence-electron chi connectivity index (χ4n) is 0.817. The van der Waals surface area contributed by atoms with Crippen molar-refractivity contribution < 1.29 is 4.92 Å². The van der Waals surface area contributed by atoms with Crippen LogP contribution in [-0.2, 0) is 0 Å². The predicted molar refractivity (Wildman–Crippen MR) is 50.3 cm³/mol. The molecule has 72 valence electrons. The molecule has 0 aromatic carbocycles. The summed E-state index contributed by atoms with van der Waals surface area (Å²) in [5.41, 5.74) is 5.39. The summed E-state index contributed by atoms with van der Waals surface area (Å²) in [4.78, 5) is 9.88. The highest BCUT2D eigenvalue weighted by molar-refractivity contribution is 9.10. The zero-order valence-electron chi connectivity index (χ0n) is 6.98. The Bertz CT molecular complexity index is 324. The quantitative estimate of drug-likeness (QED) is 0.641. The van der Waals surface area contributed by atoms with Crippen LogP contribution in [0.15, 0.2) is 10.7 Å². The monoisotopic (exact) mass is 248 g/mol. The average molecular weight is 249 g/mol. The first-order chi connectivity index (χ1) is 6.06. The third-order valence-corrected chi connectivity index (χ3v) is 2.19. The molecule has 0 aliphatic heterocycles. The number of halogens is 1. The van der Waals surface area contributed by atoms with Crippen LogP contribution >= 0.6 is 15.9 Å². The van der Waals surface area contributed by atoms with Crippen LogP contribution in [0, 0.1) is 10.1 Å². The summed E-state index contributed by atoms with van der Waals surface area (Å²) in [6, 6.07) is -0.0370. The summed E-state index contributed by atoms with van der Waals surface area (Å²) in [7, 11) is 0. The molecule has 0 spiro atoms. The van der Waals surface area contributed by atoms with Gasteiger partial charge in [-0.3, -0.25) is 0 Å². The normalized spacial score (nSPS) is 12.8. The number of nitro groups is 1. The van der Waals surface area contributed by atoms with Gasteiger partial charge in [0.1, 0.15) is 4.47 Å². The van der Waals surface area contributed by atoms with Crippen LogP contribution < -0.4 is 5.73 Å². The number of aromatic nitrogens is 2. The molecule has 0 saturated heterocycles. The van der Waals surface area contributed by atoms with E-state index in [4.69, 9.17) is 5.73 Å². The number of nitrogens with zero attached hydrogens (tertiary/aromatic N) is 3. The van der Waals surface area contributed by atoms with Gasteiger partial charge in [-0.15, -0.1) is 0 Å². The summed E-state index contributed by atoms with van der Waals surface area (Å²) in [5, 5.41) is 14.2. The molecule has 1 aromatic rings. The van der Waals surface area contributed by atoms with E-state index < -0.39 is 4.92 Å². The van der Waals surface area contributed by atoms with Gasteiger partial charge in [-0.25, -0.2) is 0 Å². The zero-order chi connectivity index (χ0) is 10.0. The van der Waals surface area contributed by atoms with E-state index in [9.17, 15) is 10.1 Å². The number of hydrogen-bond acceptors (Lipinski definition) is 4. The van der Waals surface area contributed by atoms with Gasteiger partial charge in [0.25, 0.3) is 0 Å². The van der Waals surface area contributed by atoms with Crippen molar-refractivity contribution in [2.75, 3.05) is 6.54 Å². The molecule has 0 fully saturated rings. The molecule has 1 rings (SSSR count). The smallest absolute Gasteiger partial charge is 0.358 e. The van der Waals surface area contributed by atoms with Gasteiger partial charge in [-0.05, 0) is 27.8 Å². The standard InChI is InChI=1S/C6H9BrN4O2/c1-4(2-8)10-3-5(7)6(9-10)11(12)13/h3-4H,2,8H2,1H3. The third kappa shape index (κ3) is 2.04. The highest BCUT2D eigenvalue weighted by atomic mass is 79.9. The van der Waals surface area contributed by atoms with E-state index in [2.05, 4.69) is 21.0 Å². The van der Waals surface area contributed by atoms with Crippen LogP contribution in [0.2, 0.25) is 0 Å². The molecule has 0 radical (unpaired) electrons. The topological polar surface area (TPSA) is 87.0 Å². The Hall–Kier alpha value is -0.950. The Labute approximate surface area is 83.0 Å². The molecule has 1 atom stereocenters. The van der Waals surface area contributed by atoms with Crippen molar-refractivity contribution >= 4 is 21.7 Å². The molecule has 0 amide bonds. The highest BCUT2D eigenvalue weighted by Gasteiger charge is 2.20. The van der Waals surface area contributed by atoms with Crippen molar-refractivity contribution in [1.29, 1.82) is 0 Å². The van der Waals surface area contributed by atoms with Crippen LogP contribution in [0.1, 0.15) is 13.0 Å². The zero-order valence-corrected chi connectivity index (χ0v) is 8.56. The van der Waals surface area contributed by atoms with Gasteiger partial charge in [-0.2, -0.15) is 4.68 Å². The van der Waals surface area contributed by atoms with Crippen molar-refractivity contribution in [3.8, 4) is 0 Å². The van der Waals surface area contributed by atoms with E-state index >= 15 is 0 Å². The number of hydrogen-bond donors (Lipinski definition) is 1. The minimum Gasteiger partial charge on any atom is -0.358 e. The van der Waals surface area contributed by atoms with Crippen LogP contribution in [0.25, 0.3) is 0 Å². The summed E-state index contributed by atoms with van der Waals surface area (Å²) in [6.45, 7) is 2.23. The molecule has 7 heteroatoms. The molecular formula is C6H9BrN4O2. The van der Waals surface area contributed by atoms with E-state index in [-0.39, 0.29) is 11.9 Å².